The lowest BCUT2D eigenvalue weighted by molar-refractivity contribution is -0.120. The van der Waals surface area contributed by atoms with Crippen molar-refractivity contribution in [2.24, 2.45) is 11.7 Å². The molecule has 3 atom stereocenters. The second kappa shape index (κ2) is 9.92. The van der Waals surface area contributed by atoms with Crippen LogP contribution >= 0.6 is 24.0 Å². The normalized spacial score (nSPS) is 14.1. The first-order valence-corrected chi connectivity index (χ1v) is 9.69. The highest BCUT2D eigenvalue weighted by atomic mass is 35.5. The maximum atomic E-state index is 12.5. The summed E-state index contributed by atoms with van der Waals surface area (Å²) in [6.07, 6.45) is 1.61. The quantitative estimate of drug-likeness (QED) is 0.771. The number of nitrogens with two attached hydrogens (primary N) is 1. The van der Waals surface area contributed by atoms with E-state index < -0.39 is 16.7 Å². The van der Waals surface area contributed by atoms with Crippen molar-refractivity contribution in [3.8, 4) is 0 Å². The fraction of sp³-hybridized carbons (Fsp3) is 0.278. The number of hydrogen-bond donors (Lipinski definition) is 2. The van der Waals surface area contributed by atoms with Gasteiger partial charge in [0, 0.05) is 39.6 Å². The van der Waals surface area contributed by atoms with Crippen LogP contribution in [0, 0.1) is 5.92 Å². The SMILES string of the molecule is CC(C(=O)Nc1ccc(Cl)c(CS(C)=O)c1)C(N)c1ccccc1.Cl. The summed E-state index contributed by atoms with van der Waals surface area (Å²) in [4.78, 5) is 12.5. The van der Waals surface area contributed by atoms with Crippen molar-refractivity contribution in [3.05, 3.63) is 64.7 Å². The van der Waals surface area contributed by atoms with Crippen LogP contribution in [0.1, 0.15) is 24.1 Å². The molecule has 0 saturated carbocycles. The molecule has 136 valence electrons. The molecule has 0 aliphatic heterocycles. The highest BCUT2D eigenvalue weighted by molar-refractivity contribution is 7.83. The molecule has 0 aliphatic rings. The van der Waals surface area contributed by atoms with Crippen molar-refractivity contribution in [3.63, 3.8) is 0 Å². The molecule has 0 bridgehead atoms. The van der Waals surface area contributed by atoms with Crippen LogP contribution in [-0.4, -0.2) is 16.4 Å². The number of carbonyl (C=O) groups excluding carboxylic acids is 1. The Morgan fingerprint density at radius 3 is 2.48 bits per heavy atom. The molecular formula is C18H22Cl2N2O2S. The average Bonchev–Trinajstić information content (AvgIpc) is 2.56. The third kappa shape index (κ3) is 6.12. The minimum Gasteiger partial charge on any atom is -0.326 e. The lowest BCUT2D eigenvalue weighted by atomic mass is 9.94. The van der Waals surface area contributed by atoms with Crippen molar-refractivity contribution < 1.29 is 9.00 Å². The molecule has 0 radical (unpaired) electrons. The first-order valence-electron chi connectivity index (χ1n) is 7.58. The molecule has 0 spiro atoms. The first kappa shape index (κ1) is 21.6. The highest BCUT2D eigenvalue weighted by Gasteiger charge is 2.22. The zero-order valence-corrected chi connectivity index (χ0v) is 16.5. The summed E-state index contributed by atoms with van der Waals surface area (Å²) < 4.78 is 11.4. The Balaban J connectivity index is 0.00000312. The molecule has 0 saturated heterocycles. The number of amides is 1. The molecule has 2 aromatic carbocycles. The van der Waals surface area contributed by atoms with E-state index in [9.17, 15) is 9.00 Å². The number of nitrogens with one attached hydrogen (secondary N) is 1. The van der Waals surface area contributed by atoms with E-state index in [1.165, 1.54) is 0 Å². The van der Waals surface area contributed by atoms with E-state index in [2.05, 4.69) is 5.32 Å². The largest absolute Gasteiger partial charge is 0.326 e. The van der Waals surface area contributed by atoms with Gasteiger partial charge in [0.15, 0.2) is 0 Å². The number of hydrogen-bond acceptors (Lipinski definition) is 3. The van der Waals surface area contributed by atoms with Gasteiger partial charge in [-0.25, -0.2) is 0 Å². The van der Waals surface area contributed by atoms with Crippen LogP contribution in [-0.2, 0) is 21.3 Å². The summed E-state index contributed by atoms with van der Waals surface area (Å²) in [6, 6.07) is 14.3. The third-order valence-corrected chi connectivity index (χ3v) is 4.89. The minimum absolute atomic E-state index is 0. The predicted octanol–water partition coefficient (Wildman–Crippen LogP) is 3.91. The molecular weight excluding hydrogens is 379 g/mol. The van der Waals surface area contributed by atoms with Gasteiger partial charge < -0.3 is 11.1 Å². The Kier molecular flexibility index (Phi) is 8.59. The molecule has 0 aliphatic carbocycles. The summed E-state index contributed by atoms with van der Waals surface area (Å²) in [5, 5.41) is 3.40. The Hall–Kier alpha value is -1.40. The molecule has 3 unspecified atom stereocenters. The molecule has 2 rings (SSSR count). The van der Waals surface area contributed by atoms with E-state index in [0.29, 0.717) is 16.5 Å². The van der Waals surface area contributed by atoms with Gasteiger partial charge in [0.25, 0.3) is 0 Å². The first-order chi connectivity index (χ1) is 11.4. The maximum absolute atomic E-state index is 12.5. The number of halogens is 2. The summed E-state index contributed by atoms with van der Waals surface area (Å²) in [7, 11) is -1.01. The van der Waals surface area contributed by atoms with E-state index in [0.717, 1.165) is 11.1 Å². The van der Waals surface area contributed by atoms with Gasteiger partial charge >= 0.3 is 0 Å². The topological polar surface area (TPSA) is 72.2 Å². The van der Waals surface area contributed by atoms with Gasteiger partial charge in [-0.3, -0.25) is 9.00 Å². The van der Waals surface area contributed by atoms with Gasteiger partial charge in [-0.15, -0.1) is 12.4 Å². The van der Waals surface area contributed by atoms with Gasteiger partial charge in [0.05, 0.1) is 5.92 Å². The zero-order valence-electron chi connectivity index (χ0n) is 14.1. The highest BCUT2D eigenvalue weighted by Crippen LogP contribution is 2.24. The Bertz CT molecular complexity index is 741. The summed E-state index contributed by atoms with van der Waals surface area (Å²) in [5.74, 6) is -0.217. The van der Waals surface area contributed by atoms with Crippen LogP contribution in [0.5, 0.6) is 0 Å². The van der Waals surface area contributed by atoms with Crippen molar-refractivity contribution in [1.29, 1.82) is 0 Å². The van der Waals surface area contributed by atoms with Crippen LogP contribution in [0.4, 0.5) is 5.69 Å². The van der Waals surface area contributed by atoms with E-state index >= 15 is 0 Å². The van der Waals surface area contributed by atoms with E-state index in [1.54, 1.807) is 31.4 Å². The van der Waals surface area contributed by atoms with Gasteiger partial charge in [-0.1, -0.05) is 48.9 Å². The zero-order chi connectivity index (χ0) is 17.7. The lowest BCUT2D eigenvalue weighted by Crippen LogP contribution is -2.30. The van der Waals surface area contributed by atoms with Gasteiger partial charge in [0.1, 0.15) is 0 Å². The molecule has 2 aromatic rings. The third-order valence-electron chi connectivity index (χ3n) is 3.81. The van der Waals surface area contributed by atoms with Gasteiger partial charge in [0.2, 0.25) is 5.91 Å². The van der Waals surface area contributed by atoms with Crippen molar-refractivity contribution >= 4 is 46.4 Å². The van der Waals surface area contributed by atoms with E-state index in [4.69, 9.17) is 17.3 Å². The predicted molar refractivity (Wildman–Crippen MR) is 108 cm³/mol. The van der Waals surface area contributed by atoms with Gasteiger partial charge in [-0.2, -0.15) is 0 Å². The average molecular weight is 401 g/mol. The monoisotopic (exact) mass is 400 g/mol. The van der Waals surface area contributed by atoms with Crippen LogP contribution in [0.15, 0.2) is 48.5 Å². The molecule has 25 heavy (non-hydrogen) atoms. The lowest BCUT2D eigenvalue weighted by Gasteiger charge is -2.20. The van der Waals surface area contributed by atoms with E-state index in [1.807, 2.05) is 30.3 Å². The Morgan fingerprint density at radius 2 is 1.88 bits per heavy atom. The number of rotatable bonds is 6. The molecule has 3 N–H and O–H groups in total. The summed E-state index contributed by atoms with van der Waals surface area (Å²) >= 11 is 6.10. The Labute approximate surface area is 162 Å². The number of carbonyl (C=O) groups is 1. The fourth-order valence-electron chi connectivity index (χ4n) is 2.37. The molecule has 7 heteroatoms. The second-order valence-electron chi connectivity index (χ2n) is 5.74. The molecule has 0 fully saturated rings. The maximum Gasteiger partial charge on any atom is 0.229 e. The van der Waals surface area contributed by atoms with E-state index in [-0.39, 0.29) is 24.4 Å². The van der Waals surface area contributed by atoms with Crippen LogP contribution in [0.25, 0.3) is 0 Å². The standard InChI is InChI=1S/C18H21ClN2O2S.ClH/c1-12(17(20)13-6-4-3-5-7-13)18(22)21-15-8-9-16(19)14(10-15)11-24(2)23;/h3-10,12,17H,11,20H2,1-2H3,(H,21,22);1H. The number of benzene rings is 2. The molecule has 0 heterocycles. The Morgan fingerprint density at radius 1 is 1.24 bits per heavy atom. The molecule has 4 nitrogen and oxygen atoms in total. The van der Waals surface area contributed by atoms with Gasteiger partial charge in [-0.05, 0) is 29.3 Å². The van der Waals surface area contributed by atoms with Crippen LogP contribution in [0.3, 0.4) is 0 Å². The fourth-order valence-corrected chi connectivity index (χ4v) is 3.31. The second-order valence-corrected chi connectivity index (χ2v) is 7.58. The molecule has 1 amide bonds. The number of anilines is 1. The van der Waals surface area contributed by atoms with Crippen molar-refractivity contribution in [1.82, 2.24) is 0 Å². The summed E-state index contributed by atoms with van der Waals surface area (Å²) in [6.45, 7) is 1.80. The van der Waals surface area contributed by atoms with Crippen LogP contribution in [0.2, 0.25) is 5.02 Å². The minimum atomic E-state index is -1.01. The van der Waals surface area contributed by atoms with Crippen molar-refractivity contribution in [2.45, 2.75) is 18.7 Å². The van der Waals surface area contributed by atoms with Crippen molar-refractivity contribution in [2.75, 3.05) is 11.6 Å². The smallest absolute Gasteiger partial charge is 0.229 e. The molecule has 0 aromatic heterocycles. The van der Waals surface area contributed by atoms with Crippen LogP contribution < -0.4 is 11.1 Å². The summed E-state index contributed by atoms with van der Waals surface area (Å²) in [5.41, 5.74) is 8.47.